The molecule has 4 rings (SSSR count). The van der Waals surface area contributed by atoms with Crippen LogP contribution < -0.4 is 0 Å². The SMILES string of the molecule is CCOC(=O)c1cc(C)n(Cc2cc(C(F)(F)F)cc3cc(-c4ccccc4)nn23)n1. The number of esters is 1. The molecule has 3 aromatic heterocycles. The monoisotopic (exact) mass is 428 g/mol. The molecule has 0 atom stereocenters. The van der Waals surface area contributed by atoms with E-state index in [0.29, 0.717) is 16.9 Å². The van der Waals surface area contributed by atoms with Crippen LogP contribution in [0.25, 0.3) is 16.8 Å². The third-order valence-corrected chi connectivity index (χ3v) is 4.81. The summed E-state index contributed by atoms with van der Waals surface area (Å²) in [6.07, 6.45) is -4.51. The summed E-state index contributed by atoms with van der Waals surface area (Å²) in [5.41, 5.74) is 1.91. The van der Waals surface area contributed by atoms with E-state index in [2.05, 4.69) is 10.2 Å². The zero-order valence-electron chi connectivity index (χ0n) is 16.8. The summed E-state index contributed by atoms with van der Waals surface area (Å²) in [4.78, 5) is 12.0. The van der Waals surface area contributed by atoms with Gasteiger partial charge in [-0.25, -0.2) is 9.31 Å². The Hall–Kier alpha value is -3.62. The van der Waals surface area contributed by atoms with Gasteiger partial charge in [0.25, 0.3) is 0 Å². The van der Waals surface area contributed by atoms with Crippen molar-refractivity contribution in [2.75, 3.05) is 6.61 Å². The number of pyridine rings is 1. The lowest BCUT2D eigenvalue weighted by atomic mass is 10.1. The number of aromatic nitrogens is 4. The molecule has 1 aromatic carbocycles. The molecule has 160 valence electrons. The number of hydrogen-bond donors (Lipinski definition) is 0. The first-order chi connectivity index (χ1) is 14.8. The predicted molar refractivity (Wildman–Crippen MR) is 108 cm³/mol. The average molecular weight is 428 g/mol. The predicted octanol–water partition coefficient (Wildman–Crippen LogP) is 4.75. The van der Waals surface area contributed by atoms with Crippen LogP contribution in [0.4, 0.5) is 13.2 Å². The van der Waals surface area contributed by atoms with E-state index in [1.54, 1.807) is 26.0 Å². The molecule has 0 aliphatic rings. The number of rotatable bonds is 5. The molecule has 0 unspecified atom stereocenters. The molecule has 0 spiro atoms. The van der Waals surface area contributed by atoms with Crippen molar-refractivity contribution in [3.63, 3.8) is 0 Å². The van der Waals surface area contributed by atoms with E-state index in [4.69, 9.17) is 4.74 Å². The second-order valence-corrected chi connectivity index (χ2v) is 7.01. The lowest BCUT2D eigenvalue weighted by molar-refractivity contribution is -0.137. The van der Waals surface area contributed by atoms with E-state index in [-0.39, 0.29) is 24.5 Å². The Balaban J connectivity index is 1.81. The fourth-order valence-corrected chi connectivity index (χ4v) is 3.32. The third-order valence-electron chi connectivity index (χ3n) is 4.81. The highest BCUT2D eigenvalue weighted by atomic mass is 19.4. The molecule has 0 saturated heterocycles. The van der Waals surface area contributed by atoms with Gasteiger partial charge in [-0.05, 0) is 38.1 Å². The van der Waals surface area contributed by atoms with Gasteiger partial charge in [0.15, 0.2) is 5.69 Å². The number of fused-ring (bicyclic) bond motifs is 1. The summed E-state index contributed by atoms with van der Waals surface area (Å²) in [6, 6.07) is 14.5. The molecule has 0 saturated carbocycles. The highest BCUT2D eigenvalue weighted by Crippen LogP contribution is 2.32. The summed E-state index contributed by atoms with van der Waals surface area (Å²) in [6.45, 7) is 3.61. The molecule has 0 aliphatic heterocycles. The summed E-state index contributed by atoms with van der Waals surface area (Å²) in [5.74, 6) is -0.580. The van der Waals surface area contributed by atoms with Crippen LogP contribution in [0.2, 0.25) is 0 Å². The Morgan fingerprint density at radius 2 is 1.81 bits per heavy atom. The summed E-state index contributed by atoms with van der Waals surface area (Å²) in [7, 11) is 0. The van der Waals surface area contributed by atoms with Gasteiger partial charge in [0.2, 0.25) is 0 Å². The van der Waals surface area contributed by atoms with Crippen molar-refractivity contribution in [1.82, 2.24) is 19.4 Å². The van der Waals surface area contributed by atoms with Crippen LogP contribution in [-0.2, 0) is 17.5 Å². The Morgan fingerprint density at radius 3 is 2.48 bits per heavy atom. The van der Waals surface area contributed by atoms with Crippen LogP contribution in [0, 0.1) is 6.92 Å². The van der Waals surface area contributed by atoms with Crippen molar-refractivity contribution >= 4 is 11.5 Å². The smallest absolute Gasteiger partial charge is 0.416 e. The topological polar surface area (TPSA) is 61.4 Å². The van der Waals surface area contributed by atoms with Gasteiger partial charge < -0.3 is 4.74 Å². The first kappa shape index (κ1) is 20.6. The second kappa shape index (κ2) is 7.90. The highest BCUT2D eigenvalue weighted by molar-refractivity contribution is 5.87. The quantitative estimate of drug-likeness (QED) is 0.431. The molecule has 9 heteroatoms. The van der Waals surface area contributed by atoms with Crippen molar-refractivity contribution in [1.29, 1.82) is 0 Å². The van der Waals surface area contributed by atoms with E-state index in [9.17, 15) is 18.0 Å². The molecule has 0 N–H and O–H groups in total. The van der Waals surface area contributed by atoms with Gasteiger partial charge in [0.05, 0.1) is 35.6 Å². The molecule has 3 heterocycles. The zero-order valence-corrected chi connectivity index (χ0v) is 16.8. The molecule has 0 aliphatic carbocycles. The minimum absolute atomic E-state index is 0.00156. The average Bonchev–Trinajstić information content (AvgIpc) is 3.32. The Bertz CT molecular complexity index is 1240. The molecule has 31 heavy (non-hydrogen) atoms. The number of hydrogen-bond acceptors (Lipinski definition) is 4. The lowest BCUT2D eigenvalue weighted by Gasteiger charge is -2.12. The molecule has 0 bridgehead atoms. The van der Waals surface area contributed by atoms with Gasteiger partial charge >= 0.3 is 12.1 Å². The molecule has 0 radical (unpaired) electrons. The minimum atomic E-state index is -4.51. The number of carbonyl (C=O) groups excluding carboxylic acids is 1. The van der Waals surface area contributed by atoms with Gasteiger partial charge in [-0.1, -0.05) is 30.3 Å². The fourth-order valence-electron chi connectivity index (χ4n) is 3.32. The van der Waals surface area contributed by atoms with Gasteiger partial charge in [0, 0.05) is 11.3 Å². The number of halogens is 3. The lowest BCUT2D eigenvalue weighted by Crippen LogP contribution is -2.13. The van der Waals surface area contributed by atoms with Crippen LogP contribution in [0.1, 0.15) is 34.4 Å². The largest absolute Gasteiger partial charge is 0.461 e. The van der Waals surface area contributed by atoms with Gasteiger partial charge in [-0.3, -0.25) is 4.68 Å². The molecule has 6 nitrogen and oxygen atoms in total. The van der Waals surface area contributed by atoms with Crippen LogP contribution >= 0.6 is 0 Å². The third kappa shape index (κ3) is 4.16. The second-order valence-electron chi connectivity index (χ2n) is 7.01. The maximum absolute atomic E-state index is 13.5. The van der Waals surface area contributed by atoms with Crippen molar-refractivity contribution in [3.05, 3.63) is 77.2 Å². The molecule has 0 amide bonds. The van der Waals surface area contributed by atoms with Crippen LogP contribution in [-0.4, -0.2) is 32.0 Å². The number of alkyl halides is 3. The number of carbonyl (C=O) groups is 1. The Kier molecular flexibility index (Phi) is 5.26. The zero-order chi connectivity index (χ0) is 22.2. The van der Waals surface area contributed by atoms with Crippen molar-refractivity contribution in [3.8, 4) is 11.3 Å². The van der Waals surface area contributed by atoms with E-state index in [0.717, 1.165) is 17.7 Å². The number of ether oxygens (including phenoxy) is 1. The van der Waals surface area contributed by atoms with E-state index >= 15 is 0 Å². The van der Waals surface area contributed by atoms with Crippen molar-refractivity contribution < 1.29 is 22.7 Å². The molecule has 4 aromatic rings. The summed E-state index contributed by atoms with van der Waals surface area (Å²) < 4.78 is 48.5. The molecule has 0 fully saturated rings. The number of nitrogens with zero attached hydrogens (tertiary/aromatic N) is 4. The minimum Gasteiger partial charge on any atom is -0.461 e. The number of benzene rings is 1. The summed E-state index contributed by atoms with van der Waals surface area (Å²) >= 11 is 0. The van der Waals surface area contributed by atoms with Crippen molar-refractivity contribution in [2.24, 2.45) is 0 Å². The standard InChI is InChI=1S/C22H19F3N4O2/c1-3-31-21(30)20-9-14(2)28(26-20)13-18-11-16(22(23,24)25)10-17-12-19(27-29(17)18)15-7-5-4-6-8-15/h4-12H,3,13H2,1-2H3. The van der Waals surface area contributed by atoms with Crippen LogP contribution in [0.3, 0.4) is 0 Å². The first-order valence-corrected chi connectivity index (χ1v) is 9.63. The molecular weight excluding hydrogens is 409 g/mol. The van der Waals surface area contributed by atoms with Crippen molar-refractivity contribution in [2.45, 2.75) is 26.6 Å². The van der Waals surface area contributed by atoms with Gasteiger partial charge in [0.1, 0.15) is 0 Å². The number of aryl methyl sites for hydroxylation is 1. The van der Waals surface area contributed by atoms with Crippen LogP contribution in [0.15, 0.2) is 54.6 Å². The van der Waals surface area contributed by atoms with Crippen LogP contribution in [0.5, 0.6) is 0 Å². The maximum atomic E-state index is 13.5. The van der Waals surface area contributed by atoms with E-state index in [1.165, 1.54) is 9.20 Å². The normalized spacial score (nSPS) is 11.8. The Morgan fingerprint density at radius 1 is 1.06 bits per heavy atom. The first-order valence-electron chi connectivity index (χ1n) is 9.63. The summed E-state index contributed by atoms with van der Waals surface area (Å²) in [5, 5.41) is 8.73. The molecular formula is C22H19F3N4O2. The maximum Gasteiger partial charge on any atom is 0.416 e. The Labute approximate surface area is 175 Å². The van der Waals surface area contributed by atoms with E-state index in [1.807, 2.05) is 30.3 Å². The van der Waals surface area contributed by atoms with E-state index < -0.39 is 17.7 Å². The van der Waals surface area contributed by atoms with Gasteiger partial charge in [-0.2, -0.15) is 23.4 Å². The highest BCUT2D eigenvalue weighted by Gasteiger charge is 2.32. The fraction of sp³-hybridized carbons (Fsp3) is 0.227. The van der Waals surface area contributed by atoms with Gasteiger partial charge in [-0.15, -0.1) is 0 Å².